The monoisotopic (exact) mass is 1130 g/mol. The summed E-state index contributed by atoms with van der Waals surface area (Å²) in [6.45, 7) is 6.53. The van der Waals surface area contributed by atoms with Crippen LogP contribution in [-0.2, 0) is 28.6 Å². The van der Waals surface area contributed by atoms with Crippen molar-refractivity contribution in [3.05, 3.63) is 85.1 Å². The maximum Gasteiger partial charge on any atom is 0.306 e. The molecular weight excluding hydrogens is 997 g/mol. The summed E-state index contributed by atoms with van der Waals surface area (Å²) >= 11 is 0. The first-order chi connectivity index (χ1) is 40.0. The average molecular weight is 1130 g/mol. The molecule has 0 aromatic carbocycles. The van der Waals surface area contributed by atoms with Gasteiger partial charge in [0.15, 0.2) is 6.10 Å². The topological polar surface area (TPSA) is 78.9 Å². The molecular formula is C75H132O6. The second kappa shape index (κ2) is 69.1. The predicted molar refractivity (Wildman–Crippen MR) is 353 cm³/mol. The van der Waals surface area contributed by atoms with Crippen molar-refractivity contribution in [3.63, 3.8) is 0 Å². The fourth-order valence-corrected chi connectivity index (χ4v) is 10.2. The lowest BCUT2D eigenvalue weighted by molar-refractivity contribution is -0.167. The number of allylic oxidation sites excluding steroid dienone is 14. The molecule has 0 saturated carbocycles. The van der Waals surface area contributed by atoms with Crippen LogP contribution in [0, 0.1) is 0 Å². The minimum atomic E-state index is -0.806. The lowest BCUT2D eigenvalue weighted by Gasteiger charge is -2.18. The SMILES string of the molecule is CC/C=C\C/C=C\C/C=C\C/C=C\C/C=C\C/C=C\C/C=C\CCCC(=O)OC(COC(=O)CCCCCCCCCCCCCC)COC(=O)CCCCCCCCCCCCCCCCCCCCCCCCCCCCCC. The van der Waals surface area contributed by atoms with Crippen LogP contribution in [0.3, 0.4) is 0 Å². The lowest BCUT2D eigenvalue weighted by atomic mass is 10.0. The highest BCUT2D eigenvalue weighted by Gasteiger charge is 2.19. The van der Waals surface area contributed by atoms with E-state index >= 15 is 0 Å². The summed E-state index contributed by atoms with van der Waals surface area (Å²) < 4.78 is 16.9. The zero-order valence-corrected chi connectivity index (χ0v) is 53.8. The van der Waals surface area contributed by atoms with Crippen molar-refractivity contribution in [2.24, 2.45) is 0 Å². The number of hydrogen-bond donors (Lipinski definition) is 0. The van der Waals surface area contributed by atoms with Crippen molar-refractivity contribution in [2.45, 2.75) is 361 Å². The quantitative estimate of drug-likeness (QED) is 0.0261. The number of hydrogen-bond acceptors (Lipinski definition) is 6. The second-order valence-electron chi connectivity index (χ2n) is 23.4. The van der Waals surface area contributed by atoms with Gasteiger partial charge >= 0.3 is 17.9 Å². The Morgan fingerprint density at radius 1 is 0.259 bits per heavy atom. The first-order valence-corrected chi connectivity index (χ1v) is 35.1. The van der Waals surface area contributed by atoms with E-state index in [0.29, 0.717) is 19.3 Å². The summed E-state index contributed by atoms with van der Waals surface area (Å²) in [4.78, 5) is 38.3. The first kappa shape index (κ1) is 77.6. The Morgan fingerprint density at radius 2 is 0.481 bits per heavy atom. The van der Waals surface area contributed by atoms with Crippen LogP contribution in [0.4, 0.5) is 0 Å². The van der Waals surface area contributed by atoms with Gasteiger partial charge in [-0.05, 0) is 70.6 Å². The van der Waals surface area contributed by atoms with Gasteiger partial charge in [-0.15, -0.1) is 0 Å². The van der Waals surface area contributed by atoms with Crippen molar-refractivity contribution in [3.8, 4) is 0 Å². The van der Waals surface area contributed by atoms with Gasteiger partial charge in [0.2, 0.25) is 0 Å². The Balaban J connectivity index is 4.29. The number of esters is 3. The van der Waals surface area contributed by atoms with Crippen molar-refractivity contribution < 1.29 is 28.6 Å². The summed E-state index contributed by atoms with van der Waals surface area (Å²) in [5.41, 5.74) is 0. The molecule has 81 heavy (non-hydrogen) atoms. The number of unbranched alkanes of at least 4 members (excludes halogenated alkanes) is 39. The van der Waals surface area contributed by atoms with Gasteiger partial charge < -0.3 is 14.2 Å². The predicted octanol–water partition coefficient (Wildman–Crippen LogP) is 24.2. The average Bonchev–Trinajstić information content (AvgIpc) is 3.47. The van der Waals surface area contributed by atoms with E-state index in [1.54, 1.807) is 0 Å². The molecule has 0 amide bonds. The van der Waals surface area contributed by atoms with E-state index in [-0.39, 0.29) is 37.5 Å². The summed E-state index contributed by atoms with van der Waals surface area (Å²) in [6, 6.07) is 0. The maximum absolute atomic E-state index is 12.9. The van der Waals surface area contributed by atoms with Gasteiger partial charge in [0.25, 0.3) is 0 Å². The molecule has 468 valence electrons. The molecule has 0 N–H and O–H groups in total. The minimum absolute atomic E-state index is 0.0954. The van der Waals surface area contributed by atoms with Gasteiger partial charge in [-0.2, -0.15) is 0 Å². The molecule has 0 bridgehead atoms. The molecule has 0 aliphatic carbocycles. The number of carbonyl (C=O) groups is 3. The Morgan fingerprint density at radius 3 is 0.741 bits per heavy atom. The third kappa shape index (κ3) is 67.3. The van der Waals surface area contributed by atoms with Crippen LogP contribution < -0.4 is 0 Å². The van der Waals surface area contributed by atoms with Crippen LogP contribution in [0.1, 0.15) is 355 Å². The van der Waals surface area contributed by atoms with Crippen molar-refractivity contribution >= 4 is 17.9 Å². The first-order valence-electron chi connectivity index (χ1n) is 35.1. The van der Waals surface area contributed by atoms with Gasteiger partial charge in [-0.1, -0.05) is 350 Å². The molecule has 0 aromatic heterocycles. The van der Waals surface area contributed by atoms with Crippen LogP contribution in [0.5, 0.6) is 0 Å². The van der Waals surface area contributed by atoms with Gasteiger partial charge in [0.1, 0.15) is 13.2 Å². The van der Waals surface area contributed by atoms with Gasteiger partial charge in [0, 0.05) is 19.3 Å². The Bertz CT molecular complexity index is 1530. The molecule has 0 spiro atoms. The number of ether oxygens (including phenoxy) is 3. The van der Waals surface area contributed by atoms with E-state index < -0.39 is 6.10 Å². The molecule has 0 heterocycles. The summed E-state index contributed by atoms with van der Waals surface area (Å²) in [6.07, 6.45) is 92.0. The van der Waals surface area contributed by atoms with Crippen LogP contribution in [0.25, 0.3) is 0 Å². The molecule has 6 nitrogen and oxygen atoms in total. The van der Waals surface area contributed by atoms with Crippen LogP contribution in [-0.4, -0.2) is 37.2 Å². The molecule has 0 fully saturated rings. The zero-order chi connectivity index (χ0) is 58.5. The molecule has 6 heteroatoms. The Hall–Kier alpha value is -3.41. The maximum atomic E-state index is 12.9. The Labute approximate surface area is 503 Å². The molecule has 1 atom stereocenters. The van der Waals surface area contributed by atoms with E-state index in [4.69, 9.17) is 14.2 Å². The minimum Gasteiger partial charge on any atom is -0.462 e. The smallest absolute Gasteiger partial charge is 0.306 e. The number of carbonyl (C=O) groups excluding carboxylic acids is 3. The van der Waals surface area contributed by atoms with Gasteiger partial charge in [-0.3, -0.25) is 14.4 Å². The van der Waals surface area contributed by atoms with Crippen molar-refractivity contribution in [1.29, 1.82) is 0 Å². The fraction of sp³-hybridized carbons (Fsp3) is 0.773. The fourth-order valence-electron chi connectivity index (χ4n) is 10.2. The highest BCUT2D eigenvalue weighted by atomic mass is 16.6. The van der Waals surface area contributed by atoms with E-state index in [0.717, 1.165) is 89.9 Å². The zero-order valence-electron chi connectivity index (χ0n) is 53.8. The normalized spacial score (nSPS) is 12.6. The van der Waals surface area contributed by atoms with Gasteiger partial charge in [0.05, 0.1) is 0 Å². The standard InChI is InChI=1S/C75H132O6/c1-4-7-10-13-16-19-22-25-27-29-31-33-35-36-37-38-39-41-42-44-46-48-50-53-56-59-62-65-68-74(77)80-71-72(70-79-73(76)67-64-61-58-55-52-24-21-18-15-12-9-6-3)81-75(78)69-66-63-60-57-54-51-49-47-45-43-40-34-32-30-28-26-23-20-17-14-11-8-5-2/h8,11,17,20,26,28,32,34,43,45,49,51,57,60,72H,4-7,9-10,12-16,18-19,21-25,27,29-31,33,35-42,44,46-48,50,52-56,58-59,61-71H2,1-3H3/b11-8-,20-17-,28-26-,34-32-,45-43-,51-49-,60-57-. The molecule has 0 saturated heterocycles. The molecule has 0 aromatic rings. The number of rotatable bonds is 64. The molecule has 0 radical (unpaired) electrons. The third-order valence-electron chi connectivity index (χ3n) is 15.4. The summed E-state index contributed by atoms with van der Waals surface area (Å²) in [5, 5.41) is 0. The van der Waals surface area contributed by atoms with E-state index in [2.05, 4.69) is 106 Å². The summed E-state index contributed by atoms with van der Waals surface area (Å²) in [7, 11) is 0. The molecule has 0 aliphatic rings. The summed E-state index contributed by atoms with van der Waals surface area (Å²) in [5.74, 6) is -0.938. The highest BCUT2D eigenvalue weighted by molar-refractivity contribution is 5.71. The molecule has 1 unspecified atom stereocenters. The lowest BCUT2D eigenvalue weighted by Crippen LogP contribution is -2.30. The second-order valence-corrected chi connectivity index (χ2v) is 23.4. The van der Waals surface area contributed by atoms with Crippen molar-refractivity contribution in [1.82, 2.24) is 0 Å². The molecule has 0 rings (SSSR count). The van der Waals surface area contributed by atoms with Crippen molar-refractivity contribution in [2.75, 3.05) is 13.2 Å². The van der Waals surface area contributed by atoms with Crippen LogP contribution in [0.15, 0.2) is 85.1 Å². The van der Waals surface area contributed by atoms with E-state index in [1.807, 2.05) is 0 Å². The molecule has 0 aliphatic heterocycles. The van der Waals surface area contributed by atoms with Crippen LogP contribution in [0.2, 0.25) is 0 Å². The van der Waals surface area contributed by atoms with E-state index in [1.165, 1.54) is 218 Å². The van der Waals surface area contributed by atoms with Gasteiger partial charge in [-0.25, -0.2) is 0 Å². The van der Waals surface area contributed by atoms with E-state index in [9.17, 15) is 14.4 Å². The Kier molecular flexibility index (Phi) is 66.2. The van der Waals surface area contributed by atoms with Crippen LogP contribution >= 0.6 is 0 Å². The largest absolute Gasteiger partial charge is 0.462 e. The third-order valence-corrected chi connectivity index (χ3v) is 15.4. The highest BCUT2D eigenvalue weighted by Crippen LogP contribution is 2.18.